The van der Waals surface area contributed by atoms with Gasteiger partial charge in [-0.1, -0.05) is 12.1 Å². The highest BCUT2D eigenvalue weighted by molar-refractivity contribution is 5.85. The quantitative estimate of drug-likeness (QED) is 0.613. The molecule has 1 rings (SSSR count). The zero-order valence-corrected chi connectivity index (χ0v) is 10.8. The first-order valence-corrected chi connectivity index (χ1v) is 5.94. The lowest BCUT2D eigenvalue weighted by Crippen LogP contribution is -2.39. The van der Waals surface area contributed by atoms with Crippen LogP contribution in [-0.4, -0.2) is 46.0 Å². The van der Waals surface area contributed by atoms with Crippen molar-refractivity contribution in [3.8, 4) is 0 Å². The summed E-state index contributed by atoms with van der Waals surface area (Å²) in [7, 11) is 0. The number of hydrogen-bond donors (Lipinski definition) is 3. The number of nitrogens with zero attached hydrogens (tertiary/aromatic N) is 1. The Morgan fingerprint density at radius 1 is 1.00 bits per heavy atom. The summed E-state index contributed by atoms with van der Waals surface area (Å²) in [5.74, 6) is -2.99. The second-order valence-corrected chi connectivity index (χ2v) is 4.28. The lowest BCUT2D eigenvalue weighted by Gasteiger charge is -2.18. The van der Waals surface area contributed by atoms with Crippen molar-refractivity contribution in [1.82, 2.24) is 4.90 Å². The lowest BCUT2D eigenvalue weighted by atomic mass is 10.1. The number of benzene rings is 1. The maximum atomic E-state index is 11.8. The van der Waals surface area contributed by atoms with Gasteiger partial charge in [0.2, 0.25) is 5.91 Å². The predicted molar refractivity (Wildman–Crippen MR) is 71.0 cm³/mol. The number of carboxylic acids is 2. The van der Waals surface area contributed by atoms with Crippen LogP contribution in [-0.2, 0) is 20.8 Å². The normalized spacial score (nSPS) is 10.0. The third kappa shape index (κ3) is 5.38. The molecular weight excluding hydrogens is 264 g/mol. The zero-order chi connectivity index (χ0) is 15.1. The first-order chi connectivity index (χ1) is 9.38. The summed E-state index contributed by atoms with van der Waals surface area (Å²) >= 11 is 0. The molecule has 1 aromatic carbocycles. The summed E-state index contributed by atoms with van der Waals surface area (Å²) in [5.41, 5.74) is 7.02. The third-order valence-corrected chi connectivity index (χ3v) is 2.61. The molecule has 0 aliphatic heterocycles. The third-order valence-electron chi connectivity index (χ3n) is 2.61. The highest BCUT2D eigenvalue weighted by Crippen LogP contribution is 2.08. The molecule has 0 saturated carbocycles. The maximum absolute atomic E-state index is 11.8. The van der Waals surface area contributed by atoms with E-state index in [4.69, 9.17) is 15.9 Å². The smallest absolute Gasteiger partial charge is 0.323 e. The fourth-order valence-electron chi connectivity index (χ4n) is 1.65. The van der Waals surface area contributed by atoms with Gasteiger partial charge in [0.25, 0.3) is 0 Å². The van der Waals surface area contributed by atoms with Gasteiger partial charge in [0, 0.05) is 12.1 Å². The minimum Gasteiger partial charge on any atom is -0.480 e. The van der Waals surface area contributed by atoms with Crippen molar-refractivity contribution in [3.05, 3.63) is 29.8 Å². The van der Waals surface area contributed by atoms with E-state index in [9.17, 15) is 14.4 Å². The molecule has 0 heterocycles. The summed E-state index contributed by atoms with van der Waals surface area (Å²) in [5, 5.41) is 17.3. The summed E-state index contributed by atoms with van der Waals surface area (Å²) < 4.78 is 0. The fraction of sp³-hybridized carbons (Fsp3) is 0.308. The van der Waals surface area contributed by atoms with E-state index in [1.165, 1.54) is 0 Å². The Labute approximate surface area is 115 Å². The Morgan fingerprint density at radius 3 is 1.95 bits per heavy atom. The topological polar surface area (TPSA) is 121 Å². The Kier molecular flexibility index (Phi) is 5.52. The van der Waals surface area contributed by atoms with E-state index in [0.717, 1.165) is 10.5 Å². The minimum absolute atomic E-state index is 0.0461. The van der Waals surface area contributed by atoms with Gasteiger partial charge in [-0.15, -0.1) is 0 Å². The van der Waals surface area contributed by atoms with Gasteiger partial charge >= 0.3 is 11.9 Å². The number of amides is 1. The van der Waals surface area contributed by atoms with Crippen LogP contribution < -0.4 is 5.73 Å². The summed E-state index contributed by atoms with van der Waals surface area (Å²) in [6.45, 7) is -1.24. The summed E-state index contributed by atoms with van der Waals surface area (Å²) in [6.07, 6.45) is 0.444. The summed E-state index contributed by atoms with van der Waals surface area (Å²) in [6, 6.07) is 6.93. The van der Waals surface area contributed by atoms with Crippen molar-refractivity contribution < 1.29 is 24.6 Å². The van der Waals surface area contributed by atoms with Crippen molar-refractivity contribution in [3.63, 3.8) is 0 Å². The molecule has 0 aromatic heterocycles. The molecule has 0 aliphatic carbocycles. The van der Waals surface area contributed by atoms with Crippen molar-refractivity contribution in [2.24, 2.45) is 0 Å². The number of carbonyl (C=O) groups is 3. The fourth-order valence-corrected chi connectivity index (χ4v) is 1.65. The van der Waals surface area contributed by atoms with Gasteiger partial charge in [-0.05, 0) is 24.1 Å². The van der Waals surface area contributed by atoms with Crippen LogP contribution >= 0.6 is 0 Å². The number of carboxylic acid groups (broad SMARTS) is 2. The molecule has 4 N–H and O–H groups in total. The molecule has 7 nitrogen and oxygen atoms in total. The molecule has 0 fully saturated rings. The largest absolute Gasteiger partial charge is 0.480 e. The standard InChI is InChI=1S/C13H16N2O5/c14-10-4-1-9(2-5-10)3-6-11(16)15(7-12(17)18)8-13(19)20/h1-2,4-5H,3,6-8,14H2,(H,17,18)(H,19,20). The van der Waals surface area contributed by atoms with Crippen molar-refractivity contribution in [1.29, 1.82) is 0 Å². The van der Waals surface area contributed by atoms with Crippen molar-refractivity contribution >= 4 is 23.5 Å². The number of hydrogen-bond acceptors (Lipinski definition) is 4. The first kappa shape index (κ1) is 15.5. The molecule has 0 aliphatic rings. The molecule has 0 bridgehead atoms. The number of nitrogens with two attached hydrogens (primary N) is 1. The van der Waals surface area contributed by atoms with E-state index in [0.29, 0.717) is 12.1 Å². The molecular formula is C13H16N2O5. The number of aliphatic carboxylic acids is 2. The van der Waals surface area contributed by atoms with Crippen LogP contribution in [0.15, 0.2) is 24.3 Å². The number of rotatable bonds is 7. The van der Waals surface area contributed by atoms with Gasteiger partial charge in [-0.2, -0.15) is 0 Å². The highest BCUT2D eigenvalue weighted by atomic mass is 16.4. The number of aryl methyl sites for hydroxylation is 1. The van der Waals surface area contributed by atoms with Gasteiger partial charge in [0.05, 0.1) is 0 Å². The monoisotopic (exact) mass is 280 g/mol. The van der Waals surface area contributed by atoms with Crippen molar-refractivity contribution in [2.75, 3.05) is 18.8 Å². The van der Waals surface area contributed by atoms with Crippen LogP contribution in [0.1, 0.15) is 12.0 Å². The van der Waals surface area contributed by atoms with Gasteiger partial charge in [-0.25, -0.2) is 0 Å². The second kappa shape index (κ2) is 7.13. The number of nitrogen functional groups attached to an aromatic ring is 1. The van der Waals surface area contributed by atoms with E-state index >= 15 is 0 Å². The molecule has 20 heavy (non-hydrogen) atoms. The van der Waals surface area contributed by atoms with Gasteiger partial charge < -0.3 is 20.8 Å². The van der Waals surface area contributed by atoms with Crippen LogP contribution in [0.5, 0.6) is 0 Å². The molecule has 7 heteroatoms. The first-order valence-electron chi connectivity index (χ1n) is 5.94. The molecule has 0 radical (unpaired) electrons. The van der Waals surface area contributed by atoms with Gasteiger partial charge in [-0.3, -0.25) is 14.4 Å². The van der Waals surface area contributed by atoms with E-state index in [1.807, 2.05) is 0 Å². The average molecular weight is 280 g/mol. The molecule has 0 atom stereocenters. The lowest BCUT2D eigenvalue weighted by molar-refractivity contribution is -0.149. The van der Waals surface area contributed by atoms with Crippen LogP contribution in [0.3, 0.4) is 0 Å². The Bertz CT molecular complexity index is 482. The van der Waals surface area contributed by atoms with Crippen LogP contribution in [0.2, 0.25) is 0 Å². The molecule has 108 valence electrons. The Morgan fingerprint density at radius 2 is 1.50 bits per heavy atom. The number of carbonyl (C=O) groups excluding carboxylic acids is 1. The maximum Gasteiger partial charge on any atom is 0.323 e. The molecule has 1 amide bonds. The van der Waals surface area contributed by atoms with E-state index in [-0.39, 0.29) is 6.42 Å². The van der Waals surface area contributed by atoms with Crippen molar-refractivity contribution in [2.45, 2.75) is 12.8 Å². The molecule has 1 aromatic rings. The van der Waals surface area contributed by atoms with E-state index in [1.54, 1.807) is 24.3 Å². The van der Waals surface area contributed by atoms with E-state index in [2.05, 4.69) is 0 Å². The highest BCUT2D eigenvalue weighted by Gasteiger charge is 2.19. The molecule has 0 saturated heterocycles. The second-order valence-electron chi connectivity index (χ2n) is 4.28. The van der Waals surface area contributed by atoms with E-state index < -0.39 is 30.9 Å². The molecule has 0 unspecified atom stereocenters. The SMILES string of the molecule is Nc1ccc(CCC(=O)N(CC(=O)O)CC(=O)O)cc1. The minimum atomic E-state index is -1.24. The predicted octanol–water partition coefficient (Wildman–Crippen LogP) is 0.199. The van der Waals surface area contributed by atoms with Crippen LogP contribution in [0.4, 0.5) is 5.69 Å². The summed E-state index contributed by atoms with van der Waals surface area (Å²) in [4.78, 5) is 33.8. The Balaban J connectivity index is 2.58. The zero-order valence-electron chi connectivity index (χ0n) is 10.8. The average Bonchev–Trinajstić information content (AvgIpc) is 2.36. The molecule has 0 spiro atoms. The van der Waals surface area contributed by atoms with Crippen LogP contribution in [0.25, 0.3) is 0 Å². The Hall–Kier alpha value is -2.57. The van der Waals surface area contributed by atoms with Gasteiger partial charge in [0.1, 0.15) is 13.1 Å². The van der Waals surface area contributed by atoms with Crippen LogP contribution in [0, 0.1) is 0 Å². The van der Waals surface area contributed by atoms with Gasteiger partial charge in [0.15, 0.2) is 0 Å². The number of anilines is 1.